The first-order chi connectivity index (χ1) is 11.5. The Hall–Kier alpha value is -2.35. The van der Waals surface area contributed by atoms with Gasteiger partial charge in [-0.3, -0.25) is 10.2 Å². The van der Waals surface area contributed by atoms with Gasteiger partial charge in [-0.1, -0.05) is 25.3 Å². The van der Waals surface area contributed by atoms with Crippen LogP contribution < -0.4 is 20.8 Å². The Morgan fingerprint density at radius 1 is 1.29 bits per heavy atom. The molecule has 0 bridgehead atoms. The number of hydrogen-bond acceptors (Lipinski definition) is 4. The monoisotopic (exact) mass is 348 g/mol. The van der Waals surface area contributed by atoms with E-state index in [2.05, 4.69) is 16.1 Å². The molecule has 1 aromatic rings. The lowest BCUT2D eigenvalue weighted by Gasteiger charge is -2.30. The van der Waals surface area contributed by atoms with E-state index >= 15 is 0 Å². The normalized spacial score (nSPS) is 19.1. The van der Waals surface area contributed by atoms with Crippen LogP contribution in [0.3, 0.4) is 0 Å². The number of nitrogens with zero attached hydrogens (tertiary/aromatic N) is 1. The van der Waals surface area contributed by atoms with Gasteiger partial charge in [0, 0.05) is 11.8 Å². The molecule has 7 nitrogen and oxygen atoms in total. The number of carbonyl (C=O) groups excluding carboxylic acids is 2. The molecule has 1 heterocycles. The van der Waals surface area contributed by atoms with Crippen LogP contribution in [0.4, 0.5) is 10.5 Å². The van der Waals surface area contributed by atoms with Gasteiger partial charge in [0.1, 0.15) is 11.3 Å². The van der Waals surface area contributed by atoms with E-state index in [0.29, 0.717) is 24.3 Å². The maximum atomic E-state index is 12.7. The number of amides is 3. The second kappa shape index (κ2) is 6.64. The van der Waals surface area contributed by atoms with Crippen LogP contribution in [0.5, 0.6) is 5.75 Å². The summed E-state index contributed by atoms with van der Waals surface area (Å²) in [5.74, 6) is 0.418. The average Bonchev–Trinajstić information content (AvgIpc) is 2.80. The number of urea groups is 1. The topological polar surface area (TPSA) is 82.7 Å². The zero-order valence-electron chi connectivity index (χ0n) is 13.4. The SMILES string of the molecule is COc1cccc(NC(=S)NN2C(=O)NC3(CCCCC3)C2=O)c1. The molecule has 8 heteroatoms. The van der Waals surface area contributed by atoms with E-state index in [0.717, 1.165) is 24.3 Å². The van der Waals surface area contributed by atoms with Gasteiger partial charge in [-0.05, 0) is 37.2 Å². The Balaban J connectivity index is 1.65. The summed E-state index contributed by atoms with van der Waals surface area (Å²) in [6.45, 7) is 0. The minimum atomic E-state index is -0.770. The first kappa shape index (κ1) is 16.5. The van der Waals surface area contributed by atoms with Crippen molar-refractivity contribution in [1.82, 2.24) is 15.8 Å². The Labute approximate surface area is 145 Å². The molecule has 3 N–H and O–H groups in total. The molecule has 2 aliphatic rings. The summed E-state index contributed by atoms with van der Waals surface area (Å²) >= 11 is 5.21. The van der Waals surface area contributed by atoms with Crippen LogP contribution >= 0.6 is 12.2 Å². The van der Waals surface area contributed by atoms with Gasteiger partial charge in [0.05, 0.1) is 7.11 Å². The molecule has 0 radical (unpaired) electrons. The summed E-state index contributed by atoms with van der Waals surface area (Å²) in [5.41, 5.74) is 2.62. The average molecular weight is 348 g/mol. The highest BCUT2D eigenvalue weighted by Crippen LogP contribution is 2.33. The largest absolute Gasteiger partial charge is 0.497 e. The Kier molecular flexibility index (Phi) is 4.57. The van der Waals surface area contributed by atoms with Gasteiger partial charge in [-0.15, -0.1) is 0 Å². The number of hydrazine groups is 1. The van der Waals surface area contributed by atoms with Gasteiger partial charge in [0.15, 0.2) is 5.11 Å². The van der Waals surface area contributed by atoms with Gasteiger partial charge in [0.25, 0.3) is 5.91 Å². The summed E-state index contributed by atoms with van der Waals surface area (Å²) in [6.07, 6.45) is 4.31. The van der Waals surface area contributed by atoms with Crippen molar-refractivity contribution in [3.8, 4) is 5.75 Å². The number of rotatable bonds is 3. The minimum Gasteiger partial charge on any atom is -0.497 e. The van der Waals surface area contributed by atoms with Crippen LogP contribution in [0.25, 0.3) is 0 Å². The molecule has 3 rings (SSSR count). The standard InChI is InChI=1S/C16H20N4O3S/c1-23-12-7-5-6-11(10-12)17-14(24)19-20-13(21)16(18-15(20)22)8-3-2-4-9-16/h5-7,10H,2-4,8-9H2,1H3,(H,18,22)(H2,17,19,24). The summed E-state index contributed by atoms with van der Waals surface area (Å²) in [4.78, 5) is 24.8. The van der Waals surface area contributed by atoms with Crippen LogP contribution in [-0.4, -0.2) is 34.7 Å². The molecule has 1 spiro atoms. The fraction of sp³-hybridized carbons (Fsp3) is 0.438. The number of ether oxygens (including phenoxy) is 1. The van der Waals surface area contributed by atoms with E-state index in [-0.39, 0.29) is 11.0 Å². The number of thiocarbonyl (C=S) groups is 1. The molecule has 3 amide bonds. The van der Waals surface area contributed by atoms with E-state index in [1.54, 1.807) is 13.2 Å². The van der Waals surface area contributed by atoms with Crippen LogP contribution in [0.1, 0.15) is 32.1 Å². The fourth-order valence-corrected chi connectivity index (χ4v) is 3.39. The van der Waals surface area contributed by atoms with Crippen molar-refractivity contribution in [1.29, 1.82) is 0 Å². The first-order valence-corrected chi connectivity index (χ1v) is 8.33. The smallest absolute Gasteiger partial charge is 0.344 e. The van der Waals surface area contributed by atoms with Gasteiger partial charge in [-0.2, -0.15) is 5.01 Å². The van der Waals surface area contributed by atoms with Crippen LogP contribution in [0.15, 0.2) is 24.3 Å². The molecule has 1 saturated heterocycles. The number of carbonyl (C=O) groups is 2. The van der Waals surface area contributed by atoms with Crippen LogP contribution in [0, 0.1) is 0 Å². The highest BCUT2D eigenvalue weighted by Gasteiger charge is 2.51. The molecule has 1 aromatic carbocycles. The number of imide groups is 1. The van der Waals surface area contributed by atoms with Crippen molar-refractivity contribution in [3.63, 3.8) is 0 Å². The number of hydrogen-bond donors (Lipinski definition) is 3. The predicted octanol–water partition coefficient (Wildman–Crippen LogP) is 2.15. The molecule has 24 heavy (non-hydrogen) atoms. The predicted molar refractivity (Wildman–Crippen MR) is 93.5 cm³/mol. The van der Waals surface area contributed by atoms with E-state index in [1.807, 2.05) is 18.2 Å². The molecule has 1 aliphatic carbocycles. The van der Waals surface area contributed by atoms with Gasteiger partial charge < -0.3 is 15.4 Å². The second-order valence-electron chi connectivity index (χ2n) is 6.01. The van der Waals surface area contributed by atoms with Crippen molar-refractivity contribution in [2.75, 3.05) is 12.4 Å². The van der Waals surface area contributed by atoms with Crippen molar-refractivity contribution < 1.29 is 14.3 Å². The Morgan fingerprint density at radius 2 is 2.04 bits per heavy atom. The first-order valence-electron chi connectivity index (χ1n) is 7.92. The highest BCUT2D eigenvalue weighted by molar-refractivity contribution is 7.80. The van der Waals surface area contributed by atoms with Crippen molar-refractivity contribution in [2.45, 2.75) is 37.6 Å². The lowest BCUT2D eigenvalue weighted by atomic mass is 9.82. The van der Waals surface area contributed by atoms with Crippen LogP contribution in [0.2, 0.25) is 0 Å². The molecule has 2 fully saturated rings. The number of anilines is 1. The maximum absolute atomic E-state index is 12.7. The zero-order chi connectivity index (χ0) is 17.2. The maximum Gasteiger partial charge on any atom is 0.344 e. The van der Waals surface area contributed by atoms with Gasteiger partial charge >= 0.3 is 6.03 Å². The van der Waals surface area contributed by atoms with Crippen LogP contribution in [-0.2, 0) is 4.79 Å². The summed E-state index contributed by atoms with van der Waals surface area (Å²) in [7, 11) is 1.58. The van der Waals surface area contributed by atoms with E-state index < -0.39 is 11.6 Å². The van der Waals surface area contributed by atoms with E-state index in [4.69, 9.17) is 17.0 Å². The van der Waals surface area contributed by atoms with Gasteiger partial charge in [0.2, 0.25) is 0 Å². The zero-order valence-corrected chi connectivity index (χ0v) is 14.2. The molecule has 0 unspecified atom stereocenters. The van der Waals surface area contributed by atoms with Crippen molar-refractivity contribution in [2.24, 2.45) is 0 Å². The van der Waals surface area contributed by atoms with Crippen molar-refractivity contribution >= 4 is 35.0 Å². The molecule has 0 atom stereocenters. The number of benzene rings is 1. The molecular formula is C16H20N4O3S. The molecule has 0 aromatic heterocycles. The molecule has 1 saturated carbocycles. The third-order valence-corrected chi connectivity index (χ3v) is 4.60. The lowest BCUT2D eigenvalue weighted by Crippen LogP contribution is -2.51. The highest BCUT2D eigenvalue weighted by atomic mass is 32.1. The Morgan fingerprint density at radius 3 is 2.75 bits per heavy atom. The third kappa shape index (κ3) is 3.14. The molecule has 1 aliphatic heterocycles. The minimum absolute atomic E-state index is 0.166. The molecular weight excluding hydrogens is 328 g/mol. The summed E-state index contributed by atoms with van der Waals surface area (Å²) in [6, 6.07) is 6.74. The van der Waals surface area contributed by atoms with Gasteiger partial charge in [-0.25, -0.2) is 4.79 Å². The second-order valence-corrected chi connectivity index (χ2v) is 6.42. The molecule has 128 valence electrons. The Bertz CT molecular complexity index is 673. The quantitative estimate of drug-likeness (QED) is 0.573. The third-order valence-electron chi connectivity index (χ3n) is 4.41. The number of nitrogens with one attached hydrogen (secondary N) is 3. The summed E-state index contributed by atoms with van der Waals surface area (Å²) < 4.78 is 5.15. The lowest BCUT2D eigenvalue weighted by molar-refractivity contribution is -0.133. The van der Waals surface area contributed by atoms with Crippen molar-refractivity contribution in [3.05, 3.63) is 24.3 Å². The summed E-state index contributed by atoms with van der Waals surface area (Å²) in [5, 5.41) is 6.91. The van der Waals surface area contributed by atoms with E-state index in [9.17, 15) is 9.59 Å². The fourth-order valence-electron chi connectivity index (χ4n) is 3.18. The number of methoxy groups -OCH3 is 1. The van der Waals surface area contributed by atoms with E-state index in [1.165, 1.54) is 0 Å².